The second-order valence-corrected chi connectivity index (χ2v) is 7.44. The predicted molar refractivity (Wildman–Crippen MR) is 79.3 cm³/mol. The number of nitrogens with one attached hydrogen (secondary N) is 1. The van der Waals surface area contributed by atoms with Crippen LogP contribution in [-0.2, 0) is 14.6 Å². The number of benzene rings is 1. The molecule has 0 unspecified atom stereocenters. The second kappa shape index (κ2) is 4.98. The van der Waals surface area contributed by atoms with Crippen molar-refractivity contribution in [2.45, 2.75) is 23.8 Å². The molecule has 0 atom stereocenters. The summed E-state index contributed by atoms with van der Waals surface area (Å²) in [7, 11) is -3.28. The van der Waals surface area contributed by atoms with Gasteiger partial charge < -0.3 is 14.3 Å². The molecule has 0 spiro atoms. The molecule has 0 aliphatic carbocycles. The van der Waals surface area contributed by atoms with E-state index in [0.29, 0.717) is 28.4 Å². The molecule has 1 fully saturated rings. The lowest BCUT2D eigenvalue weighted by Crippen LogP contribution is -2.19. The Morgan fingerprint density at radius 2 is 2.05 bits per heavy atom. The number of hydrogen-bond acceptors (Lipinski definition) is 4. The monoisotopic (exact) mass is 312 g/mol. The summed E-state index contributed by atoms with van der Waals surface area (Å²) in [6.45, 7) is 1.43. The van der Waals surface area contributed by atoms with Gasteiger partial charge in [0.1, 0.15) is 0 Å². The smallest absolute Gasteiger partial charge is 0.178 e. The fourth-order valence-corrected chi connectivity index (χ4v) is 3.94. The van der Waals surface area contributed by atoms with Crippen molar-refractivity contribution in [3.05, 3.63) is 23.0 Å². The van der Waals surface area contributed by atoms with Gasteiger partial charge in [-0.25, -0.2) is 8.42 Å². The molecule has 7 heteroatoms. The summed E-state index contributed by atoms with van der Waals surface area (Å²) in [5.74, 6) is 0. The number of nitrogens with zero attached hydrogens (tertiary/aromatic N) is 1. The van der Waals surface area contributed by atoms with Crippen molar-refractivity contribution in [2.24, 2.45) is 0 Å². The van der Waals surface area contributed by atoms with E-state index in [1.807, 2.05) is 10.6 Å². The molecule has 1 aromatic carbocycles. The Morgan fingerprint density at radius 1 is 1.35 bits per heavy atom. The third kappa shape index (κ3) is 2.30. The number of rotatable bonds is 2. The van der Waals surface area contributed by atoms with E-state index < -0.39 is 9.84 Å². The topological polar surface area (TPSA) is 64.1 Å². The maximum atomic E-state index is 11.9. The minimum Gasteiger partial charge on any atom is -0.381 e. The lowest BCUT2D eigenvalue weighted by atomic mass is 10.1. The summed E-state index contributed by atoms with van der Waals surface area (Å²) >= 11 is 5.39. The first-order valence-corrected chi connectivity index (χ1v) is 8.79. The van der Waals surface area contributed by atoms with E-state index in [1.165, 1.54) is 6.26 Å². The number of ether oxygens (including phenoxy) is 1. The average molecular weight is 312 g/mol. The largest absolute Gasteiger partial charge is 0.381 e. The summed E-state index contributed by atoms with van der Waals surface area (Å²) in [5.41, 5.74) is 1.45. The van der Waals surface area contributed by atoms with Gasteiger partial charge in [0.2, 0.25) is 0 Å². The zero-order valence-electron chi connectivity index (χ0n) is 11.1. The van der Waals surface area contributed by atoms with Crippen molar-refractivity contribution in [1.29, 1.82) is 0 Å². The van der Waals surface area contributed by atoms with Crippen molar-refractivity contribution >= 4 is 33.1 Å². The van der Waals surface area contributed by atoms with Crippen molar-refractivity contribution in [3.63, 3.8) is 0 Å². The molecule has 0 saturated carbocycles. The number of para-hydroxylation sites is 1. The van der Waals surface area contributed by atoms with Crippen LogP contribution >= 0.6 is 12.2 Å². The van der Waals surface area contributed by atoms with Crippen LogP contribution in [0.1, 0.15) is 18.9 Å². The zero-order valence-corrected chi connectivity index (χ0v) is 12.8. The van der Waals surface area contributed by atoms with E-state index in [0.717, 1.165) is 18.4 Å². The Morgan fingerprint density at radius 3 is 2.70 bits per heavy atom. The van der Waals surface area contributed by atoms with Crippen molar-refractivity contribution < 1.29 is 13.2 Å². The first-order chi connectivity index (χ1) is 9.48. The highest BCUT2D eigenvalue weighted by Gasteiger charge is 2.21. The van der Waals surface area contributed by atoms with Crippen LogP contribution < -0.4 is 0 Å². The third-order valence-corrected chi connectivity index (χ3v) is 5.11. The number of hydrogen-bond donors (Lipinski definition) is 1. The van der Waals surface area contributed by atoms with Gasteiger partial charge in [-0.2, -0.15) is 0 Å². The number of imidazole rings is 1. The molecule has 1 saturated heterocycles. The highest BCUT2D eigenvalue weighted by atomic mass is 32.2. The van der Waals surface area contributed by atoms with Crippen LogP contribution in [0, 0.1) is 4.77 Å². The third-order valence-electron chi connectivity index (χ3n) is 3.67. The van der Waals surface area contributed by atoms with E-state index in [-0.39, 0.29) is 6.04 Å². The predicted octanol–water partition coefficient (Wildman–Crippen LogP) is 2.45. The Kier molecular flexibility index (Phi) is 3.43. The highest BCUT2D eigenvalue weighted by Crippen LogP contribution is 2.29. The molecule has 3 rings (SSSR count). The summed E-state index contributed by atoms with van der Waals surface area (Å²) < 4.78 is 31.7. The summed E-state index contributed by atoms with van der Waals surface area (Å²) in [4.78, 5) is 3.36. The normalized spacial score (nSPS) is 17.6. The Hall–Kier alpha value is -1.18. The van der Waals surface area contributed by atoms with Gasteiger partial charge in [-0.1, -0.05) is 6.07 Å². The summed E-state index contributed by atoms with van der Waals surface area (Å²) in [5, 5.41) is 0. The number of aromatic nitrogens is 2. The standard InChI is InChI=1S/C13H16N2O3S2/c1-20(16,17)11-4-2-3-10-12(11)14-13(19)15(10)9-5-7-18-8-6-9/h2-4,9H,5-8H2,1H3,(H,14,19). The molecular weight excluding hydrogens is 296 g/mol. The second-order valence-electron chi connectivity index (χ2n) is 5.07. The van der Waals surface area contributed by atoms with Crippen LogP contribution in [0.5, 0.6) is 0 Å². The minimum absolute atomic E-state index is 0.264. The lowest BCUT2D eigenvalue weighted by molar-refractivity contribution is 0.0702. The van der Waals surface area contributed by atoms with Gasteiger partial charge in [-0.05, 0) is 37.2 Å². The van der Waals surface area contributed by atoms with Crippen LogP contribution in [0.3, 0.4) is 0 Å². The van der Waals surface area contributed by atoms with E-state index in [2.05, 4.69) is 4.98 Å². The quantitative estimate of drug-likeness (QED) is 0.865. The molecule has 20 heavy (non-hydrogen) atoms. The molecule has 0 bridgehead atoms. The van der Waals surface area contributed by atoms with E-state index in [4.69, 9.17) is 17.0 Å². The van der Waals surface area contributed by atoms with Crippen LogP contribution in [0.25, 0.3) is 11.0 Å². The maximum Gasteiger partial charge on any atom is 0.178 e. The van der Waals surface area contributed by atoms with Crippen LogP contribution in [0.2, 0.25) is 0 Å². The molecular formula is C13H16N2O3S2. The molecule has 0 radical (unpaired) electrons. The van der Waals surface area contributed by atoms with E-state index in [9.17, 15) is 8.42 Å². The van der Waals surface area contributed by atoms with E-state index >= 15 is 0 Å². The number of H-pyrrole nitrogens is 1. The van der Waals surface area contributed by atoms with E-state index in [1.54, 1.807) is 12.1 Å². The van der Waals surface area contributed by atoms with Gasteiger partial charge in [-0.15, -0.1) is 0 Å². The maximum absolute atomic E-state index is 11.9. The van der Waals surface area contributed by atoms with Crippen LogP contribution in [0.15, 0.2) is 23.1 Å². The van der Waals surface area contributed by atoms with Gasteiger partial charge >= 0.3 is 0 Å². The van der Waals surface area contributed by atoms with Gasteiger partial charge in [0, 0.05) is 25.5 Å². The fraction of sp³-hybridized carbons (Fsp3) is 0.462. The van der Waals surface area contributed by atoms with Crippen molar-refractivity contribution in [2.75, 3.05) is 19.5 Å². The summed E-state index contributed by atoms with van der Waals surface area (Å²) in [6.07, 6.45) is 3.00. The SMILES string of the molecule is CS(=O)(=O)c1cccc2c1[nH]c(=S)n2C1CCOCC1. The molecule has 5 nitrogen and oxygen atoms in total. The number of sulfone groups is 1. The van der Waals surface area contributed by atoms with Gasteiger partial charge in [0.05, 0.1) is 15.9 Å². The molecule has 108 valence electrons. The molecule has 2 heterocycles. The average Bonchev–Trinajstić information content (AvgIpc) is 2.74. The Bertz CT molecular complexity index is 799. The van der Waals surface area contributed by atoms with Crippen molar-refractivity contribution in [1.82, 2.24) is 9.55 Å². The van der Waals surface area contributed by atoms with Crippen LogP contribution in [-0.4, -0.2) is 37.4 Å². The van der Waals surface area contributed by atoms with Crippen molar-refractivity contribution in [3.8, 4) is 0 Å². The number of fused-ring (bicyclic) bond motifs is 1. The molecule has 2 aromatic rings. The lowest BCUT2D eigenvalue weighted by Gasteiger charge is -2.24. The van der Waals surface area contributed by atoms with Crippen LogP contribution in [0.4, 0.5) is 0 Å². The minimum atomic E-state index is -3.28. The molecule has 1 N–H and O–H groups in total. The Balaban J connectivity index is 2.24. The molecule has 0 amide bonds. The summed E-state index contributed by atoms with van der Waals surface area (Å²) in [6, 6.07) is 5.54. The molecule has 1 aromatic heterocycles. The highest BCUT2D eigenvalue weighted by molar-refractivity contribution is 7.91. The molecule has 1 aliphatic rings. The van der Waals surface area contributed by atoms with Gasteiger partial charge in [0.15, 0.2) is 14.6 Å². The first kappa shape index (κ1) is 13.8. The fourth-order valence-electron chi connectivity index (χ4n) is 2.74. The zero-order chi connectivity index (χ0) is 14.3. The Labute approximate surface area is 122 Å². The van der Waals surface area contributed by atoms with Gasteiger partial charge in [0.25, 0.3) is 0 Å². The van der Waals surface area contributed by atoms with Gasteiger partial charge in [-0.3, -0.25) is 0 Å². The first-order valence-electron chi connectivity index (χ1n) is 6.49. The number of aromatic amines is 1. The molecule has 1 aliphatic heterocycles.